The average molecular weight is 412 g/mol. The molecule has 2 heterocycles. The lowest BCUT2D eigenvalue weighted by atomic mass is 9.81. The molecule has 0 N–H and O–H groups in total. The van der Waals surface area contributed by atoms with Crippen LogP contribution in [0.25, 0.3) is 38.9 Å². The van der Waals surface area contributed by atoms with Gasteiger partial charge in [-0.05, 0) is 28.3 Å². The summed E-state index contributed by atoms with van der Waals surface area (Å²) < 4.78 is 1.97. The molecule has 1 aliphatic rings. The number of rotatable bonds is 1. The number of hydrogen-bond acceptors (Lipinski definition) is 5. The van der Waals surface area contributed by atoms with Crippen molar-refractivity contribution in [2.45, 2.75) is 19.3 Å². The van der Waals surface area contributed by atoms with Crippen molar-refractivity contribution in [1.82, 2.24) is 19.5 Å². The van der Waals surface area contributed by atoms with Crippen molar-refractivity contribution in [3.63, 3.8) is 0 Å². The van der Waals surface area contributed by atoms with Gasteiger partial charge in [-0.3, -0.25) is 4.57 Å². The normalized spacial score (nSPS) is 13.5. The van der Waals surface area contributed by atoms with E-state index < -0.39 is 0 Å². The molecule has 0 bridgehead atoms. The summed E-state index contributed by atoms with van der Waals surface area (Å²) in [5.74, 6) is 0.125. The Morgan fingerprint density at radius 2 is 1.44 bits per heavy atom. The average Bonchev–Trinajstić information content (AvgIpc) is 3.28. The molecular weight excluding hydrogens is 396 g/mol. The minimum absolute atomic E-state index is 0.0763. The van der Waals surface area contributed by atoms with E-state index in [-0.39, 0.29) is 23.0 Å². The van der Waals surface area contributed by atoms with Crippen LogP contribution < -0.4 is 0 Å². The van der Waals surface area contributed by atoms with E-state index in [9.17, 15) is 10.5 Å². The van der Waals surface area contributed by atoms with Crippen molar-refractivity contribution >= 4 is 21.8 Å². The minimum atomic E-state index is -0.249. The molecule has 5 aromatic rings. The molecule has 6 rings (SSSR count). The molecule has 0 amide bonds. The largest absolute Gasteiger partial charge is 0.277 e. The van der Waals surface area contributed by atoms with Crippen LogP contribution in [0, 0.1) is 22.7 Å². The molecule has 6 heteroatoms. The number of para-hydroxylation sites is 1. The molecule has 0 fully saturated rings. The molecule has 0 unspecified atom stereocenters. The summed E-state index contributed by atoms with van der Waals surface area (Å²) in [6, 6.07) is 24.8. The number of benzene rings is 3. The Morgan fingerprint density at radius 3 is 2.19 bits per heavy atom. The molecule has 6 nitrogen and oxygen atoms in total. The summed E-state index contributed by atoms with van der Waals surface area (Å²) in [6.45, 7) is 4.46. The van der Waals surface area contributed by atoms with E-state index in [0.29, 0.717) is 0 Å². The highest BCUT2D eigenvalue weighted by atomic mass is 15.2. The van der Waals surface area contributed by atoms with Gasteiger partial charge in [0, 0.05) is 16.2 Å². The minimum Gasteiger partial charge on any atom is -0.277 e. The first kappa shape index (κ1) is 18.2. The number of hydrogen-bond donors (Lipinski definition) is 0. The van der Waals surface area contributed by atoms with Gasteiger partial charge in [-0.2, -0.15) is 25.5 Å². The number of aromatic nitrogens is 4. The van der Waals surface area contributed by atoms with Crippen molar-refractivity contribution in [2.24, 2.45) is 0 Å². The molecule has 0 radical (unpaired) electrons. The lowest BCUT2D eigenvalue weighted by molar-refractivity contribution is 0.663. The Hall–Kier alpha value is -4.55. The first-order chi connectivity index (χ1) is 15.5. The summed E-state index contributed by atoms with van der Waals surface area (Å²) >= 11 is 0. The third-order valence-corrected chi connectivity index (χ3v) is 6.38. The van der Waals surface area contributed by atoms with Crippen LogP contribution in [0.15, 0.2) is 60.7 Å². The fourth-order valence-corrected chi connectivity index (χ4v) is 5.08. The van der Waals surface area contributed by atoms with Crippen LogP contribution >= 0.6 is 0 Å². The smallest absolute Gasteiger partial charge is 0.240 e. The summed E-state index contributed by atoms with van der Waals surface area (Å²) in [7, 11) is 0. The lowest BCUT2D eigenvalue weighted by Crippen LogP contribution is -2.17. The first-order valence-corrected chi connectivity index (χ1v) is 10.3. The molecule has 1 aliphatic carbocycles. The molecule has 0 saturated heterocycles. The Kier molecular flexibility index (Phi) is 3.55. The summed E-state index contributed by atoms with van der Waals surface area (Å²) in [6.07, 6.45) is 0. The molecule has 150 valence electrons. The zero-order chi connectivity index (χ0) is 22.0. The standard InChI is InChI=1S/C26H16N6/c1-26(2)19-9-5-3-7-15(19)17-11-12-18-16-8-4-6-10-20(16)32(24(18)23(17)26)25-30-21(13-27)29-22(14-28)31-25/h3-12H,1-2H3. The van der Waals surface area contributed by atoms with Crippen molar-refractivity contribution in [2.75, 3.05) is 0 Å². The van der Waals surface area contributed by atoms with Gasteiger partial charge in [0.15, 0.2) is 0 Å². The maximum atomic E-state index is 9.44. The van der Waals surface area contributed by atoms with E-state index >= 15 is 0 Å². The van der Waals surface area contributed by atoms with Crippen LogP contribution in [0.4, 0.5) is 0 Å². The highest BCUT2D eigenvalue weighted by Gasteiger charge is 2.38. The molecular formula is C26H16N6. The van der Waals surface area contributed by atoms with Crippen LogP contribution in [0.3, 0.4) is 0 Å². The maximum Gasteiger partial charge on any atom is 0.240 e. The quantitative estimate of drug-likeness (QED) is 0.386. The van der Waals surface area contributed by atoms with Gasteiger partial charge in [0.1, 0.15) is 12.1 Å². The Bertz CT molecular complexity index is 1650. The number of nitriles is 2. The van der Waals surface area contributed by atoms with Crippen molar-refractivity contribution in [3.8, 4) is 29.2 Å². The van der Waals surface area contributed by atoms with Gasteiger partial charge in [-0.15, -0.1) is 0 Å². The Labute approximate surface area is 184 Å². The van der Waals surface area contributed by atoms with Gasteiger partial charge in [0.25, 0.3) is 0 Å². The maximum absolute atomic E-state index is 9.44. The van der Waals surface area contributed by atoms with E-state index in [1.807, 2.05) is 34.9 Å². The van der Waals surface area contributed by atoms with Crippen molar-refractivity contribution in [1.29, 1.82) is 10.5 Å². The fraction of sp³-hybridized carbons (Fsp3) is 0.115. The van der Waals surface area contributed by atoms with Crippen LogP contribution in [0.5, 0.6) is 0 Å². The highest BCUT2D eigenvalue weighted by Crippen LogP contribution is 2.52. The molecule has 32 heavy (non-hydrogen) atoms. The van der Waals surface area contributed by atoms with Gasteiger partial charge in [0.05, 0.1) is 11.0 Å². The summed E-state index contributed by atoms with van der Waals surface area (Å²) in [5.41, 5.74) is 6.51. The van der Waals surface area contributed by atoms with Crippen LogP contribution in [0.2, 0.25) is 0 Å². The lowest BCUT2D eigenvalue weighted by Gasteiger charge is -2.23. The van der Waals surface area contributed by atoms with Gasteiger partial charge in [0.2, 0.25) is 17.6 Å². The second-order valence-corrected chi connectivity index (χ2v) is 8.41. The Balaban J connectivity index is 1.84. The van der Waals surface area contributed by atoms with E-state index in [0.717, 1.165) is 21.8 Å². The van der Waals surface area contributed by atoms with Gasteiger partial charge >= 0.3 is 0 Å². The monoisotopic (exact) mass is 412 g/mol. The van der Waals surface area contributed by atoms with E-state index in [1.54, 1.807) is 0 Å². The predicted octanol–water partition coefficient (Wildman–Crippen LogP) is 5.02. The van der Waals surface area contributed by atoms with E-state index in [1.165, 1.54) is 22.3 Å². The molecule has 0 aliphatic heterocycles. The van der Waals surface area contributed by atoms with Crippen LogP contribution in [0.1, 0.15) is 36.6 Å². The zero-order valence-electron chi connectivity index (χ0n) is 17.5. The van der Waals surface area contributed by atoms with E-state index in [4.69, 9.17) is 0 Å². The zero-order valence-corrected chi connectivity index (χ0v) is 17.5. The number of nitrogens with zero attached hydrogens (tertiary/aromatic N) is 6. The summed E-state index contributed by atoms with van der Waals surface area (Å²) in [4.78, 5) is 12.7. The molecule has 0 saturated carbocycles. The second kappa shape index (κ2) is 6.23. The van der Waals surface area contributed by atoms with Crippen molar-refractivity contribution in [3.05, 3.63) is 83.4 Å². The Morgan fingerprint density at radius 1 is 0.750 bits per heavy atom. The summed E-state index contributed by atoms with van der Waals surface area (Å²) in [5, 5.41) is 21.0. The SMILES string of the molecule is CC1(C)c2ccccc2-c2ccc3c4ccccc4n(-c4nc(C#N)nc(C#N)n4)c3c21. The second-order valence-electron chi connectivity index (χ2n) is 8.41. The topological polar surface area (TPSA) is 91.2 Å². The molecule has 2 aromatic heterocycles. The van der Waals surface area contributed by atoms with E-state index in [2.05, 4.69) is 71.3 Å². The molecule has 3 aromatic carbocycles. The van der Waals surface area contributed by atoms with Crippen LogP contribution in [-0.2, 0) is 5.41 Å². The van der Waals surface area contributed by atoms with Gasteiger partial charge in [-0.1, -0.05) is 68.4 Å². The van der Waals surface area contributed by atoms with Gasteiger partial charge < -0.3 is 0 Å². The third-order valence-electron chi connectivity index (χ3n) is 6.38. The fourth-order valence-electron chi connectivity index (χ4n) is 5.08. The highest BCUT2D eigenvalue weighted by molar-refractivity contribution is 6.12. The van der Waals surface area contributed by atoms with Crippen LogP contribution in [-0.4, -0.2) is 19.5 Å². The van der Waals surface area contributed by atoms with Crippen molar-refractivity contribution < 1.29 is 0 Å². The predicted molar refractivity (Wildman–Crippen MR) is 121 cm³/mol. The first-order valence-electron chi connectivity index (χ1n) is 10.3. The number of fused-ring (bicyclic) bond motifs is 7. The third kappa shape index (κ3) is 2.24. The van der Waals surface area contributed by atoms with Gasteiger partial charge in [-0.25, -0.2) is 0 Å². The molecule has 0 spiro atoms. The molecule has 0 atom stereocenters.